The van der Waals surface area contributed by atoms with Gasteiger partial charge in [-0.15, -0.1) is 11.3 Å². The molecular weight excluding hydrogens is 334 g/mol. The van der Waals surface area contributed by atoms with Gasteiger partial charge in [-0.05, 0) is 25.3 Å². The van der Waals surface area contributed by atoms with Gasteiger partial charge in [0, 0.05) is 7.05 Å². The van der Waals surface area contributed by atoms with Gasteiger partial charge in [-0.1, -0.05) is 6.07 Å². The van der Waals surface area contributed by atoms with Crippen LogP contribution >= 0.6 is 11.3 Å². The van der Waals surface area contributed by atoms with Crippen LogP contribution in [0.15, 0.2) is 21.9 Å². The Morgan fingerprint density at radius 2 is 2.17 bits per heavy atom. The SMILES string of the molecule is CNC(=O)NC(=O)C(C)OC(=O)Cc1nc(-c2cccs2)oc1C. The third-order valence-electron chi connectivity index (χ3n) is 3.08. The summed E-state index contributed by atoms with van der Waals surface area (Å²) in [5.41, 5.74) is 0.447. The quantitative estimate of drug-likeness (QED) is 0.792. The van der Waals surface area contributed by atoms with Gasteiger partial charge in [-0.3, -0.25) is 14.9 Å². The maximum absolute atomic E-state index is 11.9. The molecule has 0 radical (unpaired) electrons. The Morgan fingerprint density at radius 1 is 1.42 bits per heavy atom. The molecule has 2 aromatic rings. The van der Waals surface area contributed by atoms with Crippen LogP contribution in [0.1, 0.15) is 18.4 Å². The van der Waals surface area contributed by atoms with Gasteiger partial charge in [0.05, 0.1) is 17.0 Å². The standard InChI is InChI=1S/C15H17N3O5S/c1-8-10(17-14(23-8)11-5-4-6-24-11)7-12(19)22-9(2)13(20)18-15(21)16-3/h4-6,9H,7H2,1-3H3,(H2,16,18,20,21). The minimum atomic E-state index is -1.10. The number of hydrogen-bond acceptors (Lipinski definition) is 7. The summed E-state index contributed by atoms with van der Waals surface area (Å²) in [5, 5.41) is 6.17. The van der Waals surface area contributed by atoms with Crippen LogP contribution in [-0.4, -0.2) is 36.0 Å². The van der Waals surface area contributed by atoms with Gasteiger partial charge in [0.1, 0.15) is 5.76 Å². The first kappa shape index (κ1) is 17.7. The normalized spacial score (nSPS) is 11.6. The van der Waals surface area contributed by atoms with Gasteiger partial charge < -0.3 is 14.5 Å². The number of urea groups is 1. The number of nitrogens with one attached hydrogen (secondary N) is 2. The topological polar surface area (TPSA) is 111 Å². The summed E-state index contributed by atoms with van der Waals surface area (Å²) in [6.07, 6.45) is -1.23. The fourth-order valence-corrected chi connectivity index (χ4v) is 2.45. The lowest BCUT2D eigenvalue weighted by atomic mass is 10.2. The molecule has 0 saturated heterocycles. The van der Waals surface area contributed by atoms with Crippen molar-refractivity contribution in [3.63, 3.8) is 0 Å². The number of rotatable bonds is 5. The molecule has 1 unspecified atom stereocenters. The van der Waals surface area contributed by atoms with E-state index in [0.29, 0.717) is 17.3 Å². The van der Waals surface area contributed by atoms with Crippen LogP contribution in [0.2, 0.25) is 0 Å². The molecule has 8 nitrogen and oxygen atoms in total. The number of oxazole rings is 1. The lowest BCUT2D eigenvalue weighted by Crippen LogP contribution is -2.43. The fourth-order valence-electron chi connectivity index (χ4n) is 1.80. The number of carbonyl (C=O) groups is 3. The van der Waals surface area contributed by atoms with E-state index < -0.39 is 24.0 Å². The second kappa shape index (κ2) is 7.73. The molecule has 2 rings (SSSR count). The van der Waals surface area contributed by atoms with Gasteiger partial charge in [0.15, 0.2) is 6.10 Å². The second-order valence-corrected chi connectivity index (χ2v) is 5.82. The van der Waals surface area contributed by atoms with E-state index >= 15 is 0 Å². The summed E-state index contributed by atoms with van der Waals surface area (Å²) in [7, 11) is 1.37. The van der Waals surface area contributed by atoms with E-state index in [1.54, 1.807) is 6.92 Å². The van der Waals surface area contributed by atoms with Gasteiger partial charge in [0.2, 0.25) is 5.89 Å². The molecule has 0 bridgehead atoms. The van der Waals surface area contributed by atoms with Crippen LogP contribution in [0.3, 0.4) is 0 Å². The molecule has 0 aliphatic heterocycles. The van der Waals surface area contributed by atoms with Gasteiger partial charge in [0.25, 0.3) is 5.91 Å². The van der Waals surface area contributed by atoms with Crippen LogP contribution in [0.4, 0.5) is 4.79 Å². The average Bonchev–Trinajstić information content (AvgIpc) is 3.17. The van der Waals surface area contributed by atoms with E-state index in [-0.39, 0.29) is 6.42 Å². The number of aryl methyl sites for hydroxylation is 1. The highest BCUT2D eigenvalue weighted by Gasteiger charge is 2.22. The molecule has 128 valence electrons. The van der Waals surface area contributed by atoms with Crippen molar-refractivity contribution in [3.05, 3.63) is 29.0 Å². The van der Waals surface area contributed by atoms with Crippen molar-refractivity contribution in [2.45, 2.75) is 26.4 Å². The summed E-state index contributed by atoms with van der Waals surface area (Å²) in [6.45, 7) is 3.08. The van der Waals surface area contributed by atoms with Gasteiger partial charge in [-0.25, -0.2) is 9.78 Å². The second-order valence-electron chi connectivity index (χ2n) is 4.88. The first-order valence-corrected chi connectivity index (χ1v) is 8.01. The molecule has 3 amide bonds. The zero-order valence-corrected chi connectivity index (χ0v) is 14.2. The van der Waals surface area contributed by atoms with E-state index in [4.69, 9.17) is 9.15 Å². The molecule has 2 aromatic heterocycles. The number of thiophene rings is 1. The largest absolute Gasteiger partial charge is 0.452 e. The molecule has 1 atom stereocenters. The molecule has 9 heteroatoms. The molecule has 0 fully saturated rings. The Morgan fingerprint density at radius 3 is 2.79 bits per heavy atom. The first-order valence-electron chi connectivity index (χ1n) is 7.13. The van der Waals surface area contributed by atoms with E-state index in [1.165, 1.54) is 25.3 Å². The Balaban J connectivity index is 1.95. The maximum atomic E-state index is 11.9. The molecule has 2 heterocycles. The van der Waals surface area contributed by atoms with E-state index in [0.717, 1.165) is 4.88 Å². The predicted molar refractivity (Wildman–Crippen MR) is 86.4 cm³/mol. The number of amides is 3. The highest BCUT2D eigenvalue weighted by Crippen LogP contribution is 2.26. The summed E-state index contributed by atoms with van der Waals surface area (Å²) in [5.74, 6) is -0.393. The smallest absolute Gasteiger partial charge is 0.321 e. The number of nitrogens with zero attached hydrogens (tertiary/aromatic N) is 1. The Labute approximate surface area is 142 Å². The Kier molecular flexibility index (Phi) is 5.69. The Hall–Kier alpha value is -2.68. The summed E-state index contributed by atoms with van der Waals surface area (Å²) in [4.78, 5) is 39.8. The monoisotopic (exact) mass is 351 g/mol. The summed E-state index contributed by atoms with van der Waals surface area (Å²) < 4.78 is 10.5. The number of carbonyl (C=O) groups excluding carboxylic acids is 3. The number of esters is 1. The van der Waals surface area contributed by atoms with E-state index in [1.807, 2.05) is 22.8 Å². The highest BCUT2D eigenvalue weighted by atomic mass is 32.1. The van der Waals surface area contributed by atoms with Crippen molar-refractivity contribution < 1.29 is 23.5 Å². The third-order valence-corrected chi connectivity index (χ3v) is 3.94. The van der Waals surface area contributed by atoms with Gasteiger partial charge >= 0.3 is 12.0 Å². The molecule has 24 heavy (non-hydrogen) atoms. The van der Waals surface area contributed by atoms with Crippen molar-refractivity contribution in [2.75, 3.05) is 7.05 Å². The minimum Gasteiger partial charge on any atom is -0.452 e. The van der Waals surface area contributed by atoms with Crippen LogP contribution in [0, 0.1) is 6.92 Å². The summed E-state index contributed by atoms with van der Waals surface area (Å²) in [6, 6.07) is 3.07. The minimum absolute atomic E-state index is 0.127. The molecule has 0 spiro atoms. The number of aromatic nitrogens is 1. The summed E-state index contributed by atoms with van der Waals surface area (Å²) >= 11 is 1.48. The number of ether oxygens (including phenoxy) is 1. The van der Waals surface area contributed by atoms with Crippen molar-refractivity contribution >= 4 is 29.2 Å². The van der Waals surface area contributed by atoms with Crippen molar-refractivity contribution in [2.24, 2.45) is 0 Å². The molecule has 2 N–H and O–H groups in total. The molecule has 0 saturated carbocycles. The van der Waals surface area contributed by atoms with Gasteiger partial charge in [-0.2, -0.15) is 0 Å². The molecule has 0 aromatic carbocycles. The van der Waals surface area contributed by atoms with Crippen molar-refractivity contribution in [1.82, 2.24) is 15.6 Å². The average molecular weight is 351 g/mol. The van der Waals surface area contributed by atoms with E-state index in [2.05, 4.69) is 10.3 Å². The van der Waals surface area contributed by atoms with Crippen LogP contribution in [-0.2, 0) is 20.7 Å². The Bertz CT molecular complexity index is 738. The van der Waals surface area contributed by atoms with Crippen LogP contribution < -0.4 is 10.6 Å². The molecule has 0 aliphatic carbocycles. The molecular formula is C15H17N3O5S. The number of hydrogen-bond donors (Lipinski definition) is 2. The number of imide groups is 1. The van der Waals surface area contributed by atoms with E-state index in [9.17, 15) is 14.4 Å². The maximum Gasteiger partial charge on any atom is 0.321 e. The van der Waals surface area contributed by atoms with Crippen molar-refractivity contribution in [1.29, 1.82) is 0 Å². The lowest BCUT2D eigenvalue weighted by molar-refractivity contribution is -0.153. The van der Waals surface area contributed by atoms with Crippen LogP contribution in [0.25, 0.3) is 10.8 Å². The first-order chi connectivity index (χ1) is 11.4. The predicted octanol–water partition coefficient (Wildman–Crippen LogP) is 1.64. The van der Waals surface area contributed by atoms with Crippen molar-refractivity contribution in [3.8, 4) is 10.8 Å². The lowest BCUT2D eigenvalue weighted by Gasteiger charge is -2.12. The zero-order chi connectivity index (χ0) is 17.7. The zero-order valence-electron chi connectivity index (χ0n) is 13.4. The molecule has 0 aliphatic rings. The fraction of sp³-hybridized carbons (Fsp3) is 0.333. The highest BCUT2D eigenvalue weighted by molar-refractivity contribution is 7.13. The third kappa shape index (κ3) is 4.42. The van der Waals surface area contributed by atoms with Crippen LogP contribution in [0.5, 0.6) is 0 Å².